The van der Waals surface area contributed by atoms with Crippen LogP contribution >= 0.6 is 46.3 Å². The number of benzene rings is 3. The number of hydrogen-bond donors (Lipinski definition) is 0. The van der Waals surface area contributed by atoms with Crippen molar-refractivity contribution in [2.45, 2.75) is 31.3 Å². The van der Waals surface area contributed by atoms with Gasteiger partial charge in [-0.1, -0.05) is 70.9 Å². The zero-order valence-corrected chi connectivity index (χ0v) is 26.8. The lowest BCUT2D eigenvalue weighted by Crippen LogP contribution is -2.39. The van der Waals surface area contributed by atoms with E-state index in [2.05, 4.69) is 10.6 Å². The first kappa shape index (κ1) is 29.5. The molecule has 1 unspecified atom stereocenters. The van der Waals surface area contributed by atoms with Crippen LogP contribution in [0.25, 0.3) is 17.0 Å². The lowest BCUT2D eigenvalue weighted by atomic mass is 9.96. The van der Waals surface area contributed by atoms with Crippen LogP contribution in [-0.4, -0.2) is 28.0 Å². The molecular formula is C33H27Cl2N3O3S2. The predicted octanol–water partition coefficient (Wildman–Crippen LogP) is 6.83. The Morgan fingerprint density at radius 2 is 1.86 bits per heavy atom. The molecule has 0 N–H and O–H groups in total. The quantitative estimate of drug-likeness (QED) is 0.143. The summed E-state index contributed by atoms with van der Waals surface area (Å²) in [4.78, 5) is 33.7. The van der Waals surface area contributed by atoms with E-state index in [1.165, 1.54) is 11.3 Å². The summed E-state index contributed by atoms with van der Waals surface area (Å²) in [6, 6.07) is 21.0. The Bertz CT molecular complexity index is 2090. The average molecular weight is 649 g/mol. The number of carbonyl (C=O) groups is 1. The smallest absolute Gasteiger partial charge is 0.338 e. The van der Waals surface area contributed by atoms with Gasteiger partial charge in [0.05, 0.1) is 38.5 Å². The van der Waals surface area contributed by atoms with Gasteiger partial charge in [-0.2, -0.15) is 0 Å². The molecule has 0 radical (unpaired) electrons. The van der Waals surface area contributed by atoms with Gasteiger partial charge in [-0.05, 0) is 67.6 Å². The van der Waals surface area contributed by atoms with Crippen molar-refractivity contribution in [2.75, 3.05) is 12.9 Å². The number of para-hydroxylation sites is 1. The molecule has 5 aromatic rings. The average Bonchev–Trinajstić information content (AvgIpc) is 3.50. The first-order chi connectivity index (χ1) is 20.8. The number of hydrogen-bond acceptors (Lipinski definition) is 6. The third-order valence-electron chi connectivity index (χ3n) is 7.39. The van der Waals surface area contributed by atoms with Crippen LogP contribution in [0.4, 0.5) is 0 Å². The molecule has 3 aromatic carbocycles. The number of fused-ring (bicyclic) bond motifs is 2. The van der Waals surface area contributed by atoms with Gasteiger partial charge in [0.2, 0.25) is 0 Å². The molecule has 0 spiro atoms. The Labute approximate surface area is 266 Å². The van der Waals surface area contributed by atoms with Crippen molar-refractivity contribution < 1.29 is 9.53 Å². The molecule has 0 amide bonds. The van der Waals surface area contributed by atoms with Gasteiger partial charge in [0.15, 0.2) is 4.80 Å². The van der Waals surface area contributed by atoms with E-state index in [1.54, 1.807) is 36.2 Å². The number of nitrogens with zero attached hydrogens (tertiary/aromatic N) is 3. The van der Waals surface area contributed by atoms with Gasteiger partial charge < -0.3 is 9.30 Å². The van der Waals surface area contributed by atoms with Crippen LogP contribution in [0.2, 0.25) is 10.0 Å². The molecule has 6 rings (SSSR count). The van der Waals surface area contributed by atoms with Gasteiger partial charge in [-0.15, -0.1) is 11.8 Å². The van der Waals surface area contributed by atoms with Crippen LogP contribution in [0.15, 0.2) is 98.9 Å². The molecule has 3 heterocycles. The molecule has 0 saturated carbocycles. The van der Waals surface area contributed by atoms with Crippen molar-refractivity contribution >= 4 is 69.2 Å². The Morgan fingerprint density at radius 1 is 1.09 bits per heavy atom. The standard InChI is InChI=1S/C33H27Cl2N3O3S2/c1-4-41-32(40)29-19(2)36-33-38(30(29)21-10-12-23(42-3)13-11-21)31(39)28(43-33)16-22-18-37(27-8-6-5-7-24(22)27)17-20-9-14-25(34)26(35)15-20/h5-16,18,30H,4,17H2,1-3H3/b28-16+. The maximum absolute atomic E-state index is 14.1. The fraction of sp³-hybridized carbons (Fsp3) is 0.182. The summed E-state index contributed by atoms with van der Waals surface area (Å²) in [6.45, 7) is 4.37. The molecule has 0 saturated heterocycles. The highest BCUT2D eigenvalue weighted by atomic mass is 35.5. The number of allylic oxidation sites excluding steroid dienone is 1. The van der Waals surface area contributed by atoms with Gasteiger partial charge in [0.1, 0.15) is 0 Å². The van der Waals surface area contributed by atoms with Gasteiger partial charge in [-0.3, -0.25) is 9.36 Å². The van der Waals surface area contributed by atoms with Crippen LogP contribution in [0.5, 0.6) is 0 Å². The molecule has 218 valence electrons. The molecule has 6 nitrogen and oxygen atoms in total. The summed E-state index contributed by atoms with van der Waals surface area (Å²) in [5, 5.41) is 2.03. The van der Waals surface area contributed by atoms with Crippen LogP contribution in [-0.2, 0) is 16.1 Å². The number of carbonyl (C=O) groups excluding carboxylic acids is 1. The molecule has 43 heavy (non-hydrogen) atoms. The normalized spacial score (nSPS) is 15.1. The summed E-state index contributed by atoms with van der Waals surface area (Å²) in [5.41, 5.74) is 4.47. The fourth-order valence-corrected chi connectivity index (χ4v) is 7.16. The Balaban J connectivity index is 1.50. The van der Waals surface area contributed by atoms with Crippen molar-refractivity contribution in [3.63, 3.8) is 0 Å². The molecule has 0 fully saturated rings. The number of thiazole rings is 1. The monoisotopic (exact) mass is 647 g/mol. The molecule has 10 heteroatoms. The second-order valence-electron chi connectivity index (χ2n) is 10.1. The third kappa shape index (κ3) is 5.60. The molecule has 2 aromatic heterocycles. The summed E-state index contributed by atoms with van der Waals surface area (Å²) in [5.74, 6) is -0.470. The summed E-state index contributed by atoms with van der Waals surface area (Å²) >= 11 is 15.4. The topological polar surface area (TPSA) is 65.6 Å². The van der Waals surface area contributed by atoms with Crippen LogP contribution in [0.1, 0.15) is 36.6 Å². The Morgan fingerprint density at radius 3 is 2.58 bits per heavy atom. The van der Waals surface area contributed by atoms with Crippen LogP contribution in [0, 0.1) is 0 Å². The molecule has 1 atom stereocenters. The number of thioether (sulfide) groups is 1. The highest BCUT2D eigenvalue weighted by Gasteiger charge is 2.33. The Hall–Kier alpha value is -3.56. The highest BCUT2D eigenvalue weighted by molar-refractivity contribution is 7.98. The number of esters is 1. The maximum atomic E-state index is 14.1. The zero-order valence-electron chi connectivity index (χ0n) is 23.6. The van der Waals surface area contributed by atoms with E-state index in [4.69, 9.17) is 32.9 Å². The fourth-order valence-electron chi connectivity index (χ4n) is 5.39. The molecule has 1 aliphatic heterocycles. The van der Waals surface area contributed by atoms with Crippen molar-refractivity contribution in [3.8, 4) is 0 Å². The third-order valence-corrected chi connectivity index (χ3v) is 9.86. The van der Waals surface area contributed by atoms with E-state index in [-0.39, 0.29) is 12.2 Å². The van der Waals surface area contributed by atoms with Gasteiger partial charge in [0, 0.05) is 34.1 Å². The molecule has 1 aliphatic rings. The minimum Gasteiger partial charge on any atom is -0.463 e. The van der Waals surface area contributed by atoms with E-state index in [0.29, 0.717) is 37.2 Å². The minimum atomic E-state index is -0.649. The van der Waals surface area contributed by atoms with Crippen LogP contribution in [0.3, 0.4) is 0 Å². The number of ether oxygens (including phenoxy) is 1. The number of aromatic nitrogens is 2. The van der Waals surface area contributed by atoms with Crippen LogP contribution < -0.4 is 14.9 Å². The summed E-state index contributed by atoms with van der Waals surface area (Å²) in [6.07, 6.45) is 5.96. The van der Waals surface area contributed by atoms with Crippen molar-refractivity contribution in [2.24, 2.45) is 4.99 Å². The molecule has 0 aliphatic carbocycles. The maximum Gasteiger partial charge on any atom is 0.338 e. The van der Waals surface area contributed by atoms with E-state index in [9.17, 15) is 9.59 Å². The number of halogens is 2. The predicted molar refractivity (Wildman–Crippen MR) is 176 cm³/mol. The summed E-state index contributed by atoms with van der Waals surface area (Å²) in [7, 11) is 0. The second kappa shape index (κ2) is 12.2. The van der Waals surface area contributed by atoms with E-state index < -0.39 is 12.0 Å². The van der Waals surface area contributed by atoms with E-state index >= 15 is 0 Å². The zero-order chi connectivity index (χ0) is 30.2. The number of rotatable bonds is 7. The largest absolute Gasteiger partial charge is 0.463 e. The van der Waals surface area contributed by atoms with Crippen molar-refractivity contribution in [1.29, 1.82) is 0 Å². The van der Waals surface area contributed by atoms with Crippen molar-refractivity contribution in [3.05, 3.63) is 131 Å². The summed E-state index contributed by atoms with van der Waals surface area (Å²) < 4.78 is 9.71. The van der Waals surface area contributed by atoms with Crippen molar-refractivity contribution in [1.82, 2.24) is 9.13 Å². The first-order valence-electron chi connectivity index (χ1n) is 13.6. The second-order valence-corrected chi connectivity index (χ2v) is 12.8. The van der Waals surface area contributed by atoms with E-state index in [0.717, 1.165) is 32.5 Å². The lowest BCUT2D eigenvalue weighted by Gasteiger charge is -2.24. The van der Waals surface area contributed by atoms with Gasteiger partial charge in [0.25, 0.3) is 5.56 Å². The molecule has 0 bridgehead atoms. The minimum absolute atomic E-state index is 0.210. The first-order valence-corrected chi connectivity index (χ1v) is 16.4. The SMILES string of the molecule is CCOC(=O)C1=C(C)N=c2s/c(=C/c3cn(Cc4ccc(Cl)c(Cl)c4)c4ccccc34)c(=O)n2C1c1ccc(SC)cc1. The molecular weight excluding hydrogens is 621 g/mol. The lowest BCUT2D eigenvalue weighted by molar-refractivity contribution is -0.139. The Kier molecular flexibility index (Phi) is 8.38. The van der Waals surface area contributed by atoms with Gasteiger partial charge in [-0.25, -0.2) is 9.79 Å². The van der Waals surface area contributed by atoms with Gasteiger partial charge >= 0.3 is 5.97 Å². The van der Waals surface area contributed by atoms with E-state index in [1.807, 2.05) is 73.1 Å². The highest BCUT2D eigenvalue weighted by Crippen LogP contribution is 2.32.